The molecule has 0 aromatic carbocycles. The number of aryl methyl sites for hydroxylation is 1. The van der Waals surface area contributed by atoms with Gasteiger partial charge in [0.25, 0.3) is 0 Å². The number of imidazole rings is 3. The van der Waals surface area contributed by atoms with E-state index >= 15 is 0 Å². The molecular weight excluding hydrogens is 1200 g/mol. The highest BCUT2D eigenvalue weighted by Gasteiger charge is 2.59. The number of nitrogen functional groups attached to an aromatic ring is 2. The summed E-state index contributed by atoms with van der Waals surface area (Å²) in [5.74, 6) is -1.17. The molecule has 4 fully saturated rings. The van der Waals surface area contributed by atoms with Crippen LogP contribution >= 0.6 is 23.2 Å². The van der Waals surface area contributed by atoms with Crippen molar-refractivity contribution in [2.45, 2.75) is 124 Å². The fraction of sp³-hybridized carbons (Fsp3) is 0.529. The van der Waals surface area contributed by atoms with E-state index in [2.05, 4.69) is 53.0 Å². The quantitative estimate of drug-likeness (QED) is 0.0415. The molecule has 5 aliphatic rings. The van der Waals surface area contributed by atoms with Crippen LogP contribution in [0.15, 0.2) is 85.6 Å². The van der Waals surface area contributed by atoms with Gasteiger partial charge in [0.05, 0.1) is 75.2 Å². The number of hydrogen-bond donors (Lipinski definition) is 11. The Labute approximate surface area is 495 Å². The second-order valence-electron chi connectivity index (χ2n) is 20.3. The third-order valence-corrected chi connectivity index (χ3v) is 16.1. The lowest BCUT2D eigenvalue weighted by Gasteiger charge is -2.31. The number of pyridine rings is 2. The number of rotatable bonds is 14. The Morgan fingerprint density at radius 1 is 0.640 bits per heavy atom. The Morgan fingerprint density at radius 3 is 1.51 bits per heavy atom. The molecule has 11 rings (SSSR count). The molecule has 0 spiro atoms. The molecule has 4 saturated heterocycles. The van der Waals surface area contributed by atoms with Gasteiger partial charge in [-0.25, -0.2) is 56.8 Å². The number of fused-ring (bicyclic) bond motifs is 3. The number of halogens is 7. The summed E-state index contributed by atoms with van der Waals surface area (Å²) in [7, 11) is 0. The van der Waals surface area contributed by atoms with Gasteiger partial charge in [0.2, 0.25) is 5.88 Å². The second kappa shape index (κ2) is 26.0. The van der Waals surface area contributed by atoms with Crippen molar-refractivity contribution in [3.8, 4) is 5.88 Å². The largest absolute Gasteiger partial charge is 0.476 e. The zero-order valence-corrected chi connectivity index (χ0v) is 47.6. The smallest absolute Gasteiger partial charge is 0.245 e. The number of aliphatic imine (C=N–C) groups is 1. The first-order chi connectivity index (χ1) is 40.9. The monoisotopic (exact) mass is 1260 g/mol. The molecule has 6 aromatic heterocycles. The number of anilines is 2. The molecular formula is C51H64Cl2F5N15O13. The standard InChI is InChI=1S/C15H19FN4O4.C13H17FN4O3.C12H14ClFN4O3.C11H14ClF2N3O3/c1-4-15(6-21)11(22)9(16)14(24-15)20-7-17-10-12(20)18-8(3)19-13(10)23-5-2;1-2-13(5-19)10(20)8(14)12(21-13)18-6-17-9-7(15)3-4-16-11(9)18;13-3-12(4-19)9(20)7(14)11(21-12)18-5-17-8-6(15)1-2-16-10(8)18;1-5-16-9(15)6(13)2-17(5)10-7(14)8(19)11(3-12,4-18)20-10/h4,7,9,11,14,21-22H,1,5-6H2,2-3H3;3-4,6,8,10,12,19-20H,2,5H2,1H3,(H2,15,16);1-2,5,7,9,11,19-20H,3-4H2,(H2,15,16);2,7-8,10,18-19H,1,3-4H2,(H2,15,16)/t9-,11+,14-,15-;8-,10+,12-,13-;7-,9+,11-,12-;7-,8+,10-,11-/m1111/s1. The summed E-state index contributed by atoms with van der Waals surface area (Å²) in [4.78, 5) is 33.6. The van der Waals surface area contributed by atoms with Crippen LogP contribution in [0.2, 0.25) is 0 Å². The van der Waals surface area contributed by atoms with Gasteiger partial charge in [-0.05, 0) is 32.4 Å². The van der Waals surface area contributed by atoms with Crippen LogP contribution < -0.4 is 21.9 Å². The van der Waals surface area contributed by atoms with Crippen LogP contribution in [0, 0.1) is 6.92 Å². The molecule has 14 N–H and O–H groups in total. The molecule has 0 saturated carbocycles. The van der Waals surface area contributed by atoms with Crippen molar-refractivity contribution in [3.05, 3.63) is 86.4 Å². The van der Waals surface area contributed by atoms with Crippen molar-refractivity contribution < 1.29 is 86.5 Å². The van der Waals surface area contributed by atoms with E-state index in [4.69, 9.17) is 64.1 Å². The van der Waals surface area contributed by atoms with Crippen LogP contribution in [0.4, 0.5) is 33.3 Å². The summed E-state index contributed by atoms with van der Waals surface area (Å²) < 4.78 is 103. The molecule has 0 bridgehead atoms. The first kappa shape index (κ1) is 65.4. The van der Waals surface area contributed by atoms with Gasteiger partial charge in [0.15, 0.2) is 83.7 Å². The van der Waals surface area contributed by atoms with E-state index in [1.54, 1.807) is 26.0 Å². The lowest BCUT2D eigenvalue weighted by Crippen LogP contribution is -2.47. The van der Waals surface area contributed by atoms with Crippen molar-refractivity contribution in [1.82, 2.24) is 53.5 Å². The zero-order chi connectivity index (χ0) is 63.0. The van der Waals surface area contributed by atoms with Gasteiger partial charge >= 0.3 is 0 Å². The SMILES string of the molecule is C=C1N=C(N)C(F)=CN1[C@@H]1O[C@@](CO)(CCl)[C@@H](O)[C@H]1F.C=C[C@]1(CO)O[C@@H](n2cnc3c(OCC)nc(C)nc32)[C@H](F)[C@@H]1O.CC[C@]1(CO)O[C@@H](n2cnc3c(N)ccnc32)[C@H](F)[C@@H]1O.Nc1ccnc2c1ncn2[C@@H]1O[C@@](CO)(CCl)[C@@H](O)[C@H]1F. The Hall–Kier alpha value is -6.57. The number of aliphatic hydroxyl groups is 8. The molecule has 35 heteroatoms. The second-order valence-corrected chi connectivity index (χ2v) is 20.8. The molecule has 0 amide bonds. The fourth-order valence-electron chi connectivity index (χ4n) is 9.99. The number of nitrogens with zero attached hydrogens (tertiary/aromatic N) is 12. The molecule has 86 heavy (non-hydrogen) atoms. The summed E-state index contributed by atoms with van der Waals surface area (Å²) in [6, 6.07) is 3.18. The number of alkyl halides is 6. The molecule has 0 radical (unpaired) electrons. The van der Waals surface area contributed by atoms with Crippen molar-refractivity contribution in [2.24, 2.45) is 10.7 Å². The first-order valence-electron chi connectivity index (χ1n) is 26.3. The van der Waals surface area contributed by atoms with Gasteiger partial charge in [-0.3, -0.25) is 13.7 Å². The molecule has 11 heterocycles. The van der Waals surface area contributed by atoms with Crippen LogP contribution in [0.1, 0.15) is 44.8 Å². The Bertz CT molecular complexity index is 3340. The van der Waals surface area contributed by atoms with Gasteiger partial charge in [-0.2, -0.15) is 4.98 Å². The van der Waals surface area contributed by atoms with Gasteiger partial charge in [0.1, 0.15) is 69.5 Å². The maximum Gasteiger partial charge on any atom is 0.245 e. The van der Waals surface area contributed by atoms with Gasteiger partial charge < -0.3 is 86.6 Å². The van der Waals surface area contributed by atoms with E-state index in [9.17, 15) is 62.8 Å². The minimum Gasteiger partial charge on any atom is -0.476 e. The maximum atomic E-state index is 14.6. The van der Waals surface area contributed by atoms with Gasteiger partial charge in [-0.15, -0.1) is 29.8 Å². The van der Waals surface area contributed by atoms with Crippen LogP contribution in [0.25, 0.3) is 33.5 Å². The highest BCUT2D eigenvalue weighted by Crippen LogP contribution is 2.45. The highest BCUT2D eigenvalue weighted by molar-refractivity contribution is 6.19. The Kier molecular flexibility index (Phi) is 19.8. The normalized spacial score (nSPS) is 33.2. The van der Waals surface area contributed by atoms with E-state index < -0.39 is 129 Å². The molecule has 5 aliphatic heterocycles. The lowest BCUT2D eigenvalue weighted by molar-refractivity contribution is -0.128. The number of nitrogens with two attached hydrogens (primary N) is 3. The van der Waals surface area contributed by atoms with Gasteiger partial charge in [0, 0.05) is 18.6 Å². The molecule has 0 aliphatic carbocycles. The summed E-state index contributed by atoms with van der Waals surface area (Å²) in [5, 5.41) is 77.6. The average molecular weight is 1260 g/mol. The number of aliphatic hydroxyl groups excluding tert-OH is 8. The number of amidine groups is 1. The third kappa shape index (κ3) is 11.4. The first-order valence-corrected chi connectivity index (χ1v) is 27.3. The Balaban J connectivity index is 0.000000149. The predicted octanol–water partition coefficient (Wildman–Crippen LogP) is 1.24. The van der Waals surface area contributed by atoms with Crippen LogP contribution in [0.5, 0.6) is 5.88 Å². The summed E-state index contributed by atoms with van der Waals surface area (Å²) >= 11 is 11.4. The zero-order valence-electron chi connectivity index (χ0n) is 46.1. The highest BCUT2D eigenvalue weighted by atomic mass is 35.5. The van der Waals surface area contributed by atoms with Crippen molar-refractivity contribution in [2.75, 3.05) is 56.3 Å². The summed E-state index contributed by atoms with van der Waals surface area (Å²) in [6.45, 7) is 10.3. The molecule has 470 valence electrons. The lowest BCUT2D eigenvalue weighted by atomic mass is 9.94. The molecule has 6 aromatic rings. The fourth-order valence-corrected chi connectivity index (χ4v) is 10.6. The van der Waals surface area contributed by atoms with Crippen molar-refractivity contribution in [1.29, 1.82) is 0 Å². The summed E-state index contributed by atoms with van der Waals surface area (Å²) in [6.07, 6.45) is -8.94. The van der Waals surface area contributed by atoms with Crippen molar-refractivity contribution in [3.63, 3.8) is 0 Å². The Morgan fingerprint density at radius 2 is 1.08 bits per heavy atom. The van der Waals surface area contributed by atoms with Crippen LogP contribution in [-0.2, 0) is 18.9 Å². The molecule has 28 nitrogen and oxygen atoms in total. The molecule has 16 atom stereocenters. The predicted molar refractivity (Wildman–Crippen MR) is 297 cm³/mol. The number of ether oxygens (including phenoxy) is 5. The van der Waals surface area contributed by atoms with E-state index in [1.165, 1.54) is 51.2 Å². The van der Waals surface area contributed by atoms with E-state index in [0.29, 0.717) is 63.2 Å². The average Bonchev–Trinajstić information content (AvgIpc) is 1.86. The van der Waals surface area contributed by atoms with Crippen molar-refractivity contribution >= 4 is 73.9 Å². The maximum absolute atomic E-state index is 14.6. The number of aromatic nitrogens is 10. The van der Waals surface area contributed by atoms with Crippen LogP contribution in [-0.4, -0.2) is 223 Å². The topological polar surface area (TPSA) is 407 Å². The summed E-state index contributed by atoms with van der Waals surface area (Å²) in [5.41, 5.74) is 13.8. The minimum atomic E-state index is -1.93. The number of hydrogen-bond acceptors (Lipinski definition) is 25. The molecule has 0 unspecified atom stereocenters. The van der Waals surface area contributed by atoms with E-state index in [-0.39, 0.29) is 29.8 Å². The van der Waals surface area contributed by atoms with Crippen LogP contribution in [0.3, 0.4) is 0 Å². The van der Waals surface area contributed by atoms with E-state index in [0.717, 1.165) is 11.1 Å². The van der Waals surface area contributed by atoms with Gasteiger partial charge in [-0.1, -0.05) is 19.6 Å². The van der Waals surface area contributed by atoms with E-state index in [1.807, 2.05) is 6.92 Å². The third-order valence-electron chi connectivity index (χ3n) is 15.2. The minimum absolute atomic E-state index is 0.0490.